The number of anilines is 1. The van der Waals surface area contributed by atoms with Crippen molar-refractivity contribution in [2.75, 3.05) is 11.9 Å². The van der Waals surface area contributed by atoms with Crippen LogP contribution in [0.25, 0.3) is 16.3 Å². The van der Waals surface area contributed by atoms with Crippen molar-refractivity contribution in [1.29, 1.82) is 0 Å². The number of nitrogens with zero attached hydrogens (tertiary/aromatic N) is 1. The van der Waals surface area contributed by atoms with Crippen molar-refractivity contribution in [3.8, 4) is 5.75 Å². The van der Waals surface area contributed by atoms with Gasteiger partial charge in [-0.15, -0.1) is 0 Å². The molecule has 0 saturated heterocycles. The van der Waals surface area contributed by atoms with Crippen LogP contribution < -0.4 is 10.1 Å². The maximum atomic E-state index is 12.0. The van der Waals surface area contributed by atoms with E-state index in [-0.39, 0.29) is 5.91 Å². The molecule has 23 heavy (non-hydrogen) atoms. The highest BCUT2D eigenvalue weighted by atomic mass is 32.1. The van der Waals surface area contributed by atoms with Crippen LogP contribution in [0.3, 0.4) is 0 Å². The summed E-state index contributed by atoms with van der Waals surface area (Å²) in [7, 11) is 0. The van der Waals surface area contributed by atoms with Gasteiger partial charge < -0.3 is 4.74 Å². The second-order valence-corrected chi connectivity index (χ2v) is 5.82. The largest absolute Gasteiger partial charge is 0.492 e. The molecule has 0 radical (unpaired) electrons. The maximum Gasteiger partial charge on any atom is 0.250 e. The van der Waals surface area contributed by atoms with Gasteiger partial charge in [0, 0.05) is 6.08 Å². The quantitative estimate of drug-likeness (QED) is 0.710. The molecule has 0 fully saturated rings. The number of hydrogen-bond donors (Lipinski definition) is 1. The lowest BCUT2D eigenvalue weighted by Crippen LogP contribution is -2.07. The van der Waals surface area contributed by atoms with Crippen molar-refractivity contribution < 1.29 is 9.53 Å². The topological polar surface area (TPSA) is 51.2 Å². The Morgan fingerprint density at radius 2 is 2.04 bits per heavy atom. The highest BCUT2D eigenvalue weighted by molar-refractivity contribution is 7.22. The Kier molecular flexibility index (Phi) is 4.68. The average Bonchev–Trinajstić information content (AvgIpc) is 2.97. The number of benzene rings is 2. The number of para-hydroxylation sites is 1. The second-order valence-electron chi connectivity index (χ2n) is 4.79. The van der Waals surface area contributed by atoms with Crippen LogP contribution in [0.4, 0.5) is 5.13 Å². The van der Waals surface area contributed by atoms with Crippen LogP contribution in [0.15, 0.2) is 54.6 Å². The lowest BCUT2D eigenvalue weighted by molar-refractivity contribution is -0.111. The van der Waals surface area contributed by atoms with Gasteiger partial charge in [-0.25, -0.2) is 4.98 Å². The van der Waals surface area contributed by atoms with Crippen LogP contribution in [-0.4, -0.2) is 17.5 Å². The van der Waals surface area contributed by atoms with Gasteiger partial charge in [-0.2, -0.15) is 0 Å². The number of thiazole rings is 1. The summed E-state index contributed by atoms with van der Waals surface area (Å²) in [5.74, 6) is 0.535. The highest BCUT2D eigenvalue weighted by Gasteiger charge is 2.10. The Labute approximate surface area is 138 Å². The predicted octanol–water partition coefficient (Wildman–Crippen LogP) is 4.35. The fourth-order valence-corrected chi connectivity index (χ4v) is 3.02. The summed E-state index contributed by atoms with van der Waals surface area (Å²) < 4.78 is 6.54. The second kappa shape index (κ2) is 7.07. The molecule has 0 unspecified atom stereocenters. The third-order valence-corrected chi connectivity index (χ3v) is 4.07. The number of carbonyl (C=O) groups excluding carboxylic acids is 1. The van der Waals surface area contributed by atoms with Crippen LogP contribution in [-0.2, 0) is 4.79 Å². The van der Waals surface area contributed by atoms with Crippen molar-refractivity contribution in [2.24, 2.45) is 0 Å². The van der Waals surface area contributed by atoms with Gasteiger partial charge in [-0.3, -0.25) is 10.1 Å². The van der Waals surface area contributed by atoms with E-state index in [1.807, 2.05) is 55.5 Å². The van der Waals surface area contributed by atoms with Gasteiger partial charge >= 0.3 is 0 Å². The Morgan fingerprint density at radius 1 is 1.22 bits per heavy atom. The summed E-state index contributed by atoms with van der Waals surface area (Å²) in [5, 5.41) is 3.36. The molecule has 3 aromatic rings. The zero-order chi connectivity index (χ0) is 16.1. The Bertz CT molecular complexity index is 841. The van der Waals surface area contributed by atoms with Gasteiger partial charge in [-0.05, 0) is 30.7 Å². The summed E-state index contributed by atoms with van der Waals surface area (Å²) in [6.45, 7) is 2.51. The van der Waals surface area contributed by atoms with E-state index in [9.17, 15) is 4.79 Å². The molecule has 116 valence electrons. The third-order valence-electron chi connectivity index (χ3n) is 3.14. The summed E-state index contributed by atoms with van der Waals surface area (Å²) in [6.07, 6.45) is 3.28. The molecule has 0 spiro atoms. The minimum atomic E-state index is -0.203. The normalized spacial score (nSPS) is 11.0. The molecule has 1 N–H and O–H groups in total. The molecule has 0 bridgehead atoms. The first-order chi connectivity index (χ1) is 11.3. The van der Waals surface area contributed by atoms with Crippen molar-refractivity contribution >= 4 is 38.7 Å². The Morgan fingerprint density at radius 3 is 2.83 bits per heavy atom. The van der Waals surface area contributed by atoms with Crippen LogP contribution in [0.5, 0.6) is 5.75 Å². The van der Waals surface area contributed by atoms with Gasteiger partial charge in [0.15, 0.2) is 5.13 Å². The molecule has 1 amide bonds. The van der Waals surface area contributed by atoms with Crippen LogP contribution >= 0.6 is 11.3 Å². The van der Waals surface area contributed by atoms with Gasteiger partial charge in [0.2, 0.25) is 5.91 Å². The first-order valence-corrected chi connectivity index (χ1v) is 8.14. The fraction of sp³-hybridized carbons (Fsp3) is 0.111. The molecule has 3 rings (SSSR count). The molecule has 0 aliphatic rings. The zero-order valence-corrected chi connectivity index (χ0v) is 13.5. The summed E-state index contributed by atoms with van der Waals surface area (Å²) in [6, 6.07) is 15.4. The number of fused-ring (bicyclic) bond motifs is 1. The molecule has 0 saturated carbocycles. The van der Waals surface area contributed by atoms with Crippen molar-refractivity contribution in [3.05, 3.63) is 60.2 Å². The monoisotopic (exact) mass is 324 g/mol. The highest BCUT2D eigenvalue weighted by Crippen LogP contribution is 2.32. The number of ether oxygens (including phenoxy) is 1. The Hall–Kier alpha value is -2.66. The zero-order valence-electron chi connectivity index (χ0n) is 12.7. The molecule has 5 heteroatoms. The minimum absolute atomic E-state index is 0.203. The number of rotatable bonds is 5. The number of carbonyl (C=O) groups is 1. The third kappa shape index (κ3) is 3.76. The molecule has 2 aromatic carbocycles. The molecular formula is C18H16N2O2S. The SMILES string of the molecule is CCOc1cccc2sc(NC(=O)/C=C/c3ccccc3)nc12. The summed E-state index contributed by atoms with van der Waals surface area (Å²) >= 11 is 1.43. The molecule has 0 atom stereocenters. The molecule has 4 nitrogen and oxygen atoms in total. The minimum Gasteiger partial charge on any atom is -0.492 e. The molecular weight excluding hydrogens is 308 g/mol. The van der Waals surface area contributed by atoms with Gasteiger partial charge in [0.25, 0.3) is 0 Å². The van der Waals surface area contributed by atoms with Crippen LogP contribution in [0, 0.1) is 0 Å². The van der Waals surface area contributed by atoms with Crippen molar-refractivity contribution in [2.45, 2.75) is 6.92 Å². The van der Waals surface area contributed by atoms with Crippen molar-refractivity contribution in [3.63, 3.8) is 0 Å². The number of nitrogens with one attached hydrogen (secondary N) is 1. The fourth-order valence-electron chi connectivity index (χ4n) is 2.13. The molecule has 1 heterocycles. The van der Waals surface area contributed by atoms with E-state index in [1.54, 1.807) is 6.08 Å². The smallest absolute Gasteiger partial charge is 0.250 e. The lowest BCUT2D eigenvalue weighted by Gasteiger charge is -2.01. The maximum absolute atomic E-state index is 12.0. The van der Waals surface area contributed by atoms with Gasteiger partial charge in [0.1, 0.15) is 11.3 Å². The standard InChI is InChI=1S/C18H16N2O2S/c1-2-22-14-9-6-10-15-17(14)20-18(23-15)19-16(21)12-11-13-7-4-3-5-8-13/h3-12H,2H2,1H3,(H,19,20,21)/b12-11+. The first kappa shape index (κ1) is 15.2. The van der Waals surface area contributed by atoms with E-state index in [0.29, 0.717) is 11.7 Å². The van der Waals surface area contributed by atoms with E-state index in [2.05, 4.69) is 10.3 Å². The average molecular weight is 324 g/mol. The molecule has 0 aliphatic heterocycles. The number of aromatic nitrogens is 1. The first-order valence-electron chi connectivity index (χ1n) is 7.32. The van der Waals surface area contributed by atoms with E-state index >= 15 is 0 Å². The summed E-state index contributed by atoms with van der Waals surface area (Å²) in [4.78, 5) is 16.5. The van der Waals surface area contributed by atoms with Crippen LogP contribution in [0.2, 0.25) is 0 Å². The Balaban J connectivity index is 1.75. The summed E-state index contributed by atoms with van der Waals surface area (Å²) in [5.41, 5.74) is 1.76. The van der Waals surface area contributed by atoms with Gasteiger partial charge in [0.05, 0.1) is 11.3 Å². The van der Waals surface area contributed by atoms with E-state index in [0.717, 1.165) is 21.5 Å². The van der Waals surface area contributed by atoms with E-state index in [4.69, 9.17) is 4.74 Å². The number of amides is 1. The van der Waals surface area contributed by atoms with Gasteiger partial charge in [-0.1, -0.05) is 47.7 Å². The lowest BCUT2D eigenvalue weighted by atomic mass is 10.2. The molecule has 1 aromatic heterocycles. The van der Waals surface area contributed by atoms with Crippen molar-refractivity contribution in [1.82, 2.24) is 4.98 Å². The molecule has 0 aliphatic carbocycles. The number of hydrogen-bond acceptors (Lipinski definition) is 4. The van der Waals surface area contributed by atoms with Crippen LogP contribution in [0.1, 0.15) is 12.5 Å². The van der Waals surface area contributed by atoms with E-state index < -0.39 is 0 Å². The van der Waals surface area contributed by atoms with E-state index in [1.165, 1.54) is 17.4 Å². The predicted molar refractivity (Wildman–Crippen MR) is 94.9 cm³/mol.